The maximum Gasteiger partial charge on any atom is 0.221 e. The average molecular weight is 252 g/mol. The summed E-state index contributed by atoms with van der Waals surface area (Å²) in [4.78, 5) is 11.1. The fourth-order valence-electron chi connectivity index (χ4n) is 1.65. The van der Waals surface area contributed by atoms with E-state index in [1.165, 1.54) is 6.92 Å². The van der Waals surface area contributed by atoms with Gasteiger partial charge in [0, 0.05) is 6.92 Å². The Morgan fingerprint density at radius 2 is 2.28 bits per heavy atom. The molecule has 1 unspecified atom stereocenters. The summed E-state index contributed by atoms with van der Waals surface area (Å²) in [6.45, 7) is 4.22. The number of benzene rings is 1. The van der Waals surface area contributed by atoms with Gasteiger partial charge in [-0.3, -0.25) is 4.79 Å². The topological polar surface area (TPSA) is 84.6 Å². The van der Waals surface area contributed by atoms with E-state index >= 15 is 0 Å². The molecule has 5 heteroatoms. The summed E-state index contributed by atoms with van der Waals surface area (Å²) in [6, 6.07) is 5.23. The molecule has 1 atom stereocenters. The van der Waals surface area contributed by atoms with Crippen molar-refractivity contribution in [3.63, 3.8) is 0 Å². The SMILES string of the molecule is CCOc1ccc(C(O)CCN)cc1NC(C)=O. The van der Waals surface area contributed by atoms with E-state index in [0.717, 1.165) is 0 Å². The number of ether oxygens (including phenoxy) is 1. The highest BCUT2D eigenvalue weighted by Gasteiger charge is 2.11. The number of nitrogens with one attached hydrogen (secondary N) is 1. The maximum atomic E-state index is 11.1. The second-order valence-electron chi connectivity index (χ2n) is 3.96. The summed E-state index contributed by atoms with van der Waals surface area (Å²) < 4.78 is 5.41. The highest BCUT2D eigenvalue weighted by Crippen LogP contribution is 2.29. The lowest BCUT2D eigenvalue weighted by molar-refractivity contribution is -0.114. The molecule has 0 aliphatic heterocycles. The van der Waals surface area contributed by atoms with Crippen molar-refractivity contribution in [1.82, 2.24) is 0 Å². The van der Waals surface area contributed by atoms with E-state index in [1.807, 2.05) is 6.92 Å². The molecule has 1 aromatic carbocycles. The second kappa shape index (κ2) is 6.98. The highest BCUT2D eigenvalue weighted by molar-refractivity contribution is 5.90. The molecular formula is C13H20N2O3. The number of rotatable bonds is 6. The molecule has 0 bridgehead atoms. The first kappa shape index (κ1) is 14.5. The Hall–Kier alpha value is -1.59. The van der Waals surface area contributed by atoms with Crippen molar-refractivity contribution < 1.29 is 14.6 Å². The first-order valence-corrected chi connectivity index (χ1v) is 6.01. The number of carbonyl (C=O) groups is 1. The summed E-state index contributed by atoms with van der Waals surface area (Å²) in [7, 11) is 0. The number of amides is 1. The Labute approximate surface area is 107 Å². The first-order valence-electron chi connectivity index (χ1n) is 6.01. The molecule has 18 heavy (non-hydrogen) atoms. The Balaban J connectivity index is 2.99. The van der Waals surface area contributed by atoms with Gasteiger partial charge in [0.2, 0.25) is 5.91 Å². The van der Waals surface area contributed by atoms with Crippen molar-refractivity contribution in [2.24, 2.45) is 5.73 Å². The zero-order chi connectivity index (χ0) is 13.5. The van der Waals surface area contributed by atoms with Gasteiger partial charge in [-0.1, -0.05) is 6.07 Å². The predicted molar refractivity (Wildman–Crippen MR) is 70.5 cm³/mol. The molecule has 0 saturated carbocycles. The van der Waals surface area contributed by atoms with Crippen LogP contribution in [0.3, 0.4) is 0 Å². The molecule has 1 amide bonds. The van der Waals surface area contributed by atoms with Gasteiger partial charge in [0.15, 0.2) is 0 Å². The van der Waals surface area contributed by atoms with Crippen molar-refractivity contribution in [2.75, 3.05) is 18.5 Å². The summed E-state index contributed by atoms with van der Waals surface area (Å²) >= 11 is 0. The van der Waals surface area contributed by atoms with Gasteiger partial charge in [-0.25, -0.2) is 0 Å². The number of aliphatic hydroxyl groups is 1. The Kier molecular flexibility index (Phi) is 5.61. The lowest BCUT2D eigenvalue weighted by atomic mass is 10.1. The minimum Gasteiger partial charge on any atom is -0.492 e. The summed E-state index contributed by atoms with van der Waals surface area (Å²) in [5.74, 6) is 0.415. The van der Waals surface area contributed by atoms with Crippen LogP contribution in [0.15, 0.2) is 18.2 Å². The predicted octanol–water partition coefficient (Wildman–Crippen LogP) is 1.43. The number of hydrogen-bond acceptors (Lipinski definition) is 4. The van der Waals surface area contributed by atoms with E-state index in [-0.39, 0.29) is 5.91 Å². The summed E-state index contributed by atoms with van der Waals surface area (Å²) in [5, 5.41) is 12.6. The fourth-order valence-corrected chi connectivity index (χ4v) is 1.65. The van der Waals surface area contributed by atoms with Gasteiger partial charge in [0.25, 0.3) is 0 Å². The Morgan fingerprint density at radius 1 is 1.56 bits per heavy atom. The number of anilines is 1. The zero-order valence-corrected chi connectivity index (χ0v) is 10.8. The smallest absolute Gasteiger partial charge is 0.221 e. The summed E-state index contributed by atoms with van der Waals surface area (Å²) in [5.41, 5.74) is 6.69. The first-order chi connectivity index (χ1) is 8.58. The van der Waals surface area contributed by atoms with Crippen LogP contribution in [0.5, 0.6) is 5.75 Å². The van der Waals surface area contributed by atoms with Crippen molar-refractivity contribution in [1.29, 1.82) is 0 Å². The fraction of sp³-hybridized carbons (Fsp3) is 0.462. The van der Waals surface area contributed by atoms with Crippen molar-refractivity contribution in [3.8, 4) is 5.75 Å². The van der Waals surface area contributed by atoms with Crippen LogP contribution in [0.2, 0.25) is 0 Å². The van der Waals surface area contributed by atoms with Crippen molar-refractivity contribution in [3.05, 3.63) is 23.8 Å². The summed E-state index contributed by atoms with van der Waals surface area (Å²) in [6.07, 6.45) is -0.147. The second-order valence-corrected chi connectivity index (χ2v) is 3.96. The van der Waals surface area contributed by atoms with Crippen LogP contribution in [-0.4, -0.2) is 24.2 Å². The molecule has 0 aliphatic carbocycles. The lowest BCUT2D eigenvalue weighted by Crippen LogP contribution is -2.10. The molecule has 100 valence electrons. The van der Waals surface area contributed by atoms with Crippen LogP contribution in [-0.2, 0) is 4.79 Å². The average Bonchev–Trinajstić information content (AvgIpc) is 2.31. The standard InChI is InChI=1S/C13H20N2O3/c1-3-18-13-5-4-10(12(17)6-7-14)8-11(13)15-9(2)16/h4-5,8,12,17H,3,6-7,14H2,1-2H3,(H,15,16). The highest BCUT2D eigenvalue weighted by atomic mass is 16.5. The molecule has 0 fully saturated rings. The van der Waals surface area contributed by atoms with Gasteiger partial charge in [-0.2, -0.15) is 0 Å². The van der Waals surface area contributed by atoms with Crippen LogP contribution in [0, 0.1) is 0 Å². The molecule has 1 aromatic rings. The van der Waals surface area contributed by atoms with Gasteiger partial charge in [-0.15, -0.1) is 0 Å². The van der Waals surface area contributed by atoms with E-state index in [1.54, 1.807) is 18.2 Å². The third kappa shape index (κ3) is 4.01. The lowest BCUT2D eigenvalue weighted by Gasteiger charge is -2.15. The number of aliphatic hydroxyl groups excluding tert-OH is 1. The van der Waals surface area contributed by atoms with Crippen LogP contribution in [0.25, 0.3) is 0 Å². The molecular weight excluding hydrogens is 232 g/mol. The van der Waals surface area contributed by atoms with Gasteiger partial charge in [0.05, 0.1) is 18.4 Å². The van der Waals surface area contributed by atoms with E-state index < -0.39 is 6.10 Å². The molecule has 1 rings (SSSR count). The van der Waals surface area contributed by atoms with E-state index in [2.05, 4.69) is 5.32 Å². The minimum atomic E-state index is -0.627. The molecule has 4 N–H and O–H groups in total. The van der Waals surface area contributed by atoms with Gasteiger partial charge in [0.1, 0.15) is 5.75 Å². The van der Waals surface area contributed by atoms with Crippen molar-refractivity contribution in [2.45, 2.75) is 26.4 Å². The third-order valence-corrected chi connectivity index (χ3v) is 2.44. The number of hydrogen-bond donors (Lipinski definition) is 3. The molecule has 0 saturated heterocycles. The Morgan fingerprint density at radius 3 is 2.83 bits per heavy atom. The molecule has 5 nitrogen and oxygen atoms in total. The third-order valence-electron chi connectivity index (χ3n) is 2.44. The number of carbonyl (C=O) groups excluding carboxylic acids is 1. The molecule has 0 radical (unpaired) electrons. The largest absolute Gasteiger partial charge is 0.492 e. The van der Waals surface area contributed by atoms with Gasteiger partial charge < -0.3 is 20.9 Å². The molecule has 0 aliphatic rings. The van der Waals surface area contributed by atoms with Crippen LogP contribution in [0.4, 0.5) is 5.69 Å². The molecule has 0 heterocycles. The quantitative estimate of drug-likeness (QED) is 0.715. The zero-order valence-electron chi connectivity index (χ0n) is 10.8. The van der Waals surface area contributed by atoms with Gasteiger partial charge in [-0.05, 0) is 37.6 Å². The normalized spacial score (nSPS) is 12.0. The van der Waals surface area contributed by atoms with Crippen LogP contribution < -0.4 is 15.8 Å². The maximum absolute atomic E-state index is 11.1. The van der Waals surface area contributed by atoms with Crippen LogP contribution in [0.1, 0.15) is 31.9 Å². The Bertz CT molecular complexity index is 407. The molecule has 0 spiro atoms. The minimum absolute atomic E-state index is 0.179. The monoisotopic (exact) mass is 252 g/mol. The van der Waals surface area contributed by atoms with E-state index in [0.29, 0.717) is 36.6 Å². The number of nitrogens with two attached hydrogens (primary N) is 1. The van der Waals surface area contributed by atoms with E-state index in [9.17, 15) is 9.90 Å². The molecule has 0 aromatic heterocycles. The van der Waals surface area contributed by atoms with Crippen molar-refractivity contribution >= 4 is 11.6 Å². The van der Waals surface area contributed by atoms with E-state index in [4.69, 9.17) is 10.5 Å². The van der Waals surface area contributed by atoms with Crippen LogP contribution >= 0.6 is 0 Å². The van der Waals surface area contributed by atoms with Gasteiger partial charge >= 0.3 is 0 Å².